The first-order valence-corrected chi connectivity index (χ1v) is 12.2. The standard InChI is InChI=1S/C21H40O2Se/c1-7-9-11-16(23-6)17(12-10-8-2)24-18-15-13-14-21(5,19(18)22)20(15,3)4/h15-19,22H,7-14H2,1-6H3/t15-,16?,17?,18+,19-,21+/m1/s1. The molecule has 0 aromatic carbocycles. The molecule has 0 radical (unpaired) electrons. The Morgan fingerprint density at radius 1 is 1.12 bits per heavy atom. The number of aliphatic hydroxyl groups excluding tert-OH is 1. The summed E-state index contributed by atoms with van der Waals surface area (Å²) in [6.45, 7) is 11.7. The predicted molar refractivity (Wildman–Crippen MR) is 104 cm³/mol. The van der Waals surface area contributed by atoms with E-state index in [9.17, 15) is 5.11 Å². The Morgan fingerprint density at radius 2 is 1.75 bits per heavy atom. The molecule has 2 unspecified atom stereocenters. The number of aliphatic hydroxyl groups is 1. The second kappa shape index (κ2) is 8.42. The maximum atomic E-state index is 11.2. The van der Waals surface area contributed by atoms with Gasteiger partial charge >= 0.3 is 156 Å². The zero-order valence-corrected chi connectivity index (χ0v) is 18.5. The third kappa shape index (κ3) is 3.61. The third-order valence-electron chi connectivity index (χ3n) is 7.47. The molecule has 0 heterocycles. The zero-order valence-electron chi connectivity index (χ0n) is 16.8. The molecule has 24 heavy (non-hydrogen) atoms. The van der Waals surface area contributed by atoms with Crippen LogP contribution in [0.4, 0.5) is 0 Å². The van der Waals surface area contributed by atoms with Crippen molar-refractivity contribution in [2.24, 2.45) is 16.7 Å². The number of ether oxygens (including phenoxy) is 1. The van der Waals surface area contributed by atoms with E-state index in [-0.39, 0.29) is 11.5 Å². The Morgan fingerprint density at radius 3 is 2.25 bits per heavy atom. The zero-order chi connectivity index (χ0) is 18.0. The fourth-order valence-corrected chi connectivity index (χ4v) is 9.94. The molecule has 0 aromatic heterocycles. The first-order valence-electron chi connectivity index (χ1n) is 10.2. The molecule has 2 bridgehead atoms. The van der Waals surface area contributed by atoms with Crippen LogP contribution in [0, 0.1) is 16.7 Å². The summed E-state index contributed by atoms with van der Waals surface area (Å²) >= 11 is 0.475. The SMILES string of the molecule is CCCCC(OC)C(CCCC)[Se][C@H]1[C@H]2CC[C@@](C)([C@@H]1O)C2(C)C. The summed E-state index contributed by atoms with van der Waals surface area (Å²) in [4.78, 5) is 1.21. The van der Waals surface area contributed by atoms with Crippen molar-refractivity contribution in [3.63, 3.8) is 0 Å². The van der Waals surface area contributed by atoms with Gasteiger partial charge in [-0.3, -0.25) is 0 Å². The van der Waals surface area contributed by atoms with E-state index in [4.69, 9.17) is 4.74 Å². The number of fused-ring (bicyclic) bond motifs is 2. The van der Waals surface area contributed by atoms with Crippen LogP contribution in [0.1, 0.15) is 86.0 Å². The first-order chi connectivity index (χ1) is 11.3. The maximum absolute atomic E-state index is 11.2. The molecule has 2 fully saturated rings. The van der Waals surface area contributed by atoms with E-state index in [0.29, 0.717) is 42.0 Å². The number of unbranched alkanes of at least 4 members (excludes halogenated alkanes) is 2. The van der Waals surface area contributed by atoms with Crippen molar-refractivity contribution in [2.45, 2.75) is 108 Å². The van der Waals surface area contributed by atoms with E-state index in [2.05, 4.69) is 34.6 Å². The molecular formula is C21H40O2Se. The summed E-state index contributed by atoms with van der Waals surface area (Å²) in [5.41, 5.74) is 0.422. The van der Waals surface area contributed by atoms with Crippen molar-refractivity contribution in [1.82, 2.24) is 0 Å². The number of hydrogen-bond donors (Lipinski definition) is 1. The molecule has 2 nitrogen and oxygen atoms in total. The van der Waals surface area contributed by atoms with E-state index < -0.39 is 0 Å². The normalized spacial score (nSPS) is 36.9. The van der Waals surface area contributed by atoms with E-state index in [0.717, 1.165) is 0 Å². The van der Waals surface area contributed by atoms with Gasteiger partial charge in [-0.1, -0.05) is 0 Å². The Hall–Kier alpha value is 0.439. The van der Waals surface area contributed by atoms with Crippen molar-refractivity contribution in [2.75, 3.05) is 7.11 Å². The minimum atomic E-state index is -0.0981. The quantitative estimate of drug-likeness (QED) is 0.490. The average molecular weight is 404 g/mol. The Bertz CT molecular complexity index is 397. The van der Waals surface area contributed by atoms with Gasteiger partial charge in [-0.05, 0) is 0 Å². The van der Waals surface area contributed by atoms with Gasteiger partial charge in [0.25, 0.3) is 0 Å². The summed E-state index contributed by atoms with van der Waals surface area (Å²) in [5.74, 6) is 0.713. The second-order valence-electron chi connectivity index (χ2n) is 8.93. The van der Waals surface area contributed by atoms with Crippen LogP contribution in [0.5, 0.6) is 0 Å². The van der Waals surface area contributed by atoms with Crippen LogP contribution in [0.25, 0.3) is 0 Å². The average Bonchev–Trinajstić information content (AvgIpc) is 2.86. The molecule has 2 saturated carbocycles. The molecule has 0 spiro atoms. The monoisotopic (exact) mass is 404 g/mol. The predicted octanol–water partition coefficient (Wildman–Crippen LogP) is 5.48. The van der Waals surface area contributed by atoms with Crippen molar-refractivity contribution in [1.29, 1.82) is 0 Å². The van der Waals surface area contributed by atoms with Crippen LogP contribution in [0.3, 0.4) is 0 Å². The molecule has 142 valence electrons. The fraction of sp³-hybridized carbons (Fsp3) is 1.00. The van der Waals surface area contributed by atoms with Crippen LogP contribution in [0.15, 0.2) is 0 Å². The molecule has 3 heteroatoms. The summed E-state index contributed by atoms with van der Waals surface area (Å²) in [6, 6.07) is 0. The number of methoxy groups -OCH3 is 1. The summed E-state index contributed by atoms with van der Waals surface area (Å²) in [6.07, 6.45) is 10.4. The van der Waals surface area contributed by atoms with Crippen molar-refractivity contribution < 1.29 is 9.84 Å². The number of rotatable bonds is 10. The van der Waals surface area contributed by atoms with E-state index in [1.165, 1.54) is 51.4 Å². The van der Waals surface area contributed by atoms with Gasteiger partial charge < -0.3 is 0 Å². The summed E-state index contributed by atoms with van der Waals surface area (Å²) in [7, 11) is 1.90. The molecule has 0 aromatic rings. The second-order valence-corrected chi connectivity index (χ2v) is 11.9. The van der Waals surface area contributed by atoms with Gasteiger partial charge in [-0.15, -0.1) is 0 Å². The summed E-state index contributed by atoms with van der Waals surface area (Å²) < 4.78 is 5.95. The molecule has 0 aliphatic heterocycles. The third-order valence-corrected chi connectivity index (χ3v) is 11.2. The van der Waals surface area contributed by atoms with Gasteiger partial charge in [-0.2, -0.15) is 0 Å². The molecule has 0 saturated heterocycles. The van der Waals surface area contributed by atoms with E-state index in [1.54, 1.807) is 0 Å². The first kappa shape index (κ1) is 20.7. The van der Waals surface area contributed by atoms with E-state index in [1.807, 2.05) is 7.11 Å². The van der Waals surface area contributed by atoms with Gasteiger partial charge in [0, 0.05) is 0 Å². The molecule has 2 aliphatic carbocycles. The molecule has 0 amide bonds. The van der Waals surface area contributed by atoms with Crippen LogP contribution in [-0.4, -0.2) is 39.4 Å². The Labute approximate surface area is 156 Å². The molecule has 2 aliphatic rings. The van der Waals surface area contributed by atoms with Crippen LogP contribution in [-0.2, 0) is 4.74 Å². The Balaban J connectivity index is 2.11. The topological polar surface area (TPSA) is 29.5 Å². The van der Waals surface area contributed by atoms with Crippen LogP contribution >= 0.6 is 0 Å². The van der Waals surface area contributed by atoms with E-state index >= 15 is 0 Å². The van der Waals surface area contributed by atoms with Crippen molar-refractivity contribution in [3.05, 3.63) is 0 Å². The van der Waals surface area contributed by atoms with Crippen LogP contribution in [0.2, 0.25) is 9.63 Å². The van der Waals surface area contributed by atoms with Crippen molar-refractivity contribution >= 4 is 15.0 Å². The molecule has 2 rings (SSSR count). The number of hydrogen-bond acceptors (Lipinski definition) is 2. The van der Waals surface area contributed by atoms with Gasteiger partial charge in [0.05, 0.1) is 0 Å². The van der Waals surface area contributed by atoms with Gasteiger partial charge in [-0.25, -0.2) is 0 Å². The van der Waals surface area contributed by atoms with Crippen LogP contribution < -0.4 is 0 Å². The Kier molecular flexibility index (Phi) is 7.28. The van der Waals surface area contributed by atoms with Gasteiger partial charge in [0.1, 0.15) is 0 Å². The molecular weight excluding hydrogens is 363 g/mol. The molecule has 6 atom stereocenters. The summed E-state index contributed by atoms with van der Waals surface area (Å²) in [5, 5.41) is 11.2. The van der Waals surface area contributed by atoms with Crippen molar-refractivity contribution in [3.8, 4) is 0 Å². The van der Waals surface area contributed by atoms with Gasteiger partial charge in [0.2, 0.25) is 0 Å². The van der Waals surface area contributed by atoms with Gasteiger partial charge in [0.15, 0.2) is 0 Å². The fourth-order valence-electron chi connectivity index (χ4n) is 5.23. The minimum absolute atomic E-state index is 0.0981. The molecule has 1 N–H and O–H groups in total.